The lowest BCUT2D eigenvalue weighted by Crippen LogP contribution is -2.42. The largest absolute Gasteiger partial charge is 0.390 e. The predicted octanol–water partition coefficient (Wildman–Crippen LogP) is 1.48. The zero-order valence-electron chi connectivity index (χ0n) is 8.65. The Morgan fingerprint density at radius 2 is 2.07 bits per heavy atom. The number of hydrogen-bond acceptors (Lipinski definition) is 4. The standard InChI is InChI=1S/C10H14ClN3O/c1-10(15)2-4-14(5-3-10)9-6-8(11)12-7-13-9/h6-7,15H,2-5H2,1H3. The van der Waals surface area contributed by atoms with Gasteiger partial charge < -0.3 is 10.0 Å². The second kappa shape index (κ2) is 3.94. The summed E-state index contributed by atoms with van der Waals surface area (Å²) in [4.78, 5) is 10.1. The Labute approximate surface area is 93.9 Å². The van der Waals surface area contributed by atoms with E-state index in [-0.39, 0.29) is 0 Å². The third-order valence-corrected chi connectivity index (χ3v) is 2.99. The number of rotatable bonds is 1. The Morgan fingerprint density at radius 1 is 1.40 bits per heavy atom. The molecule has 1 N–H and O–H groups in total. The number of halogens is 1. The molecule has 1 aromatic heterocycles. The molecule has 0 spiro atoms. The predicted molar refractivity (Wildman–Crippen MR) is 59.1 cm³/mol. The summed E-state index contributed by atoms with van der Waals surface area (Å²) < 4.78 is 0. The lowest BCUT2D eigenvalue weighted by Gasteiger charge is -2.36. The van der Waals surface area contributed by atoms with E-state index < -0.39 is 5.60 Å². The van der Waals surface area contributed by atoms with Crippen LogP contribution in [0.1, 0.15) is 19.8 Å². The molecule has 2 heterocycles. The number of anilines is 1. The van der Waals surface area contributed by atoms with Crippen LogP contribution in [0.15, 0.2) is 12.4 Å². The molecule has 5 heteroatoms. The van der Waals surface area contributed by atoms with Crippen LogP contribution in [0.4, 0.5) is 5.82 Å². The van der Waals surface area contributed by atoms with Crippen LogP contribution in [0.3, 0.4) is 0 Å². The quantitative estimate of drug-likeness (QED) is 0.739. The van der Waals surface area contributed by atoms with Gasteiger partial charge in [-0.3, -0.25) is 0 Å². The van der Waals surface area contributed by atoms with E-state index in [9.17, 15) is 5.11 Å². The van der Waals surface area contributed by atoms with E-state index in [0.717, 1.165) is 31.7 Å². The van der Waals surface area contributed by atoms with E-state index in [1.54, 1.807) is 6.07 Å². The fourth-order valence-corrected chi connectivity index (χ4v) is 1.86. The maximum Gasteiger partial charge on any atom is 0.134 e. The minimum absolute atomic E-state index is 0.456. The van der Waals surface area contributed by atoms with Crippen molar-refractivity contribution in [1.29, 1.82) is 0 Å². The summed E-state index contributed by atoms with van der Waals surface area (Å²) in [6.07, 6.45) is 2.98. The highest BCUT2D eigenvalue weighted by Gasteiger charge is 2.27. The highest BCUT2D eigenvalue weighted by atomic mass is 35.5. The number of aromatic nitrogens is 2. The molecule has 2 rings (SSSR count). The van der Waals surface area contributed by atoms with Crippen LogP contribution in [0.2, 0.25) is 5.15 Å². The molecule has 0 saturated carbocycles. The fraction of sp³-hybridized carbons (Fsp3) is 0.600. The van der Waals surface area contributed by atoms with E-state index in [1.807, 2.05) is 6.92 Å². The monoisotopic (exact) mass is 227 g/mol. The first-order valence-electron chi connectivity index (χ1n) is 5.02. The molecular weight excluding hydrogens is 214 g/mol. The summed E-state index contributed by atoms with van der Waals surface area (Å²) in [7, 11) is 0. The summed E-state index contributed by atoms with van der Waals surface area (Å²) in [5.74, 6) is 0.838. The van der Waals surface area contributed by atoms with Crippen molar-refractivity contribution in [3.05, 3.63) is 17.5 Å². The lowest BCUT2D eigenvalue weighted by molar-refractivity contribution is 0.0350. The van der Waals surface area contributed by atoms with Gasteiger partial charge in [-0.15, -0.1) is 0 Å². The lowest BCUT2D eigenvalue weighted by atomic mass is 9.94. The van der Waals surface area contributed by atoms with Gasteiger partial charge in [-0.2, -0.15) is 0 Å². The molecule has 82 valence electrons. The average molecular weight is 228 g/mol. The summed E-state index contributed by atoms with van der Waals surface area (Å²) in [5, 5.41) is 10.3. The maximum atomic E-state index is 9.81. The first-order valence-corrected chi connectivity index (χ1v) is 5.39. The van der Waals surface area contributed by atoms with Gasteiger partial charge in [0.05, 0.1) is 5.60 Å². The van der Waals surface area contributed by atoms with Crippen molar-refractivity contribution in [3.63, 3.8) is 0 Å². The molecule has 0 amide bonds. The van der Waals surface area contributed by atoms with Crippen LogP contribution in [-0.2, 0) is 0 Å². The molecule has 0 aromatic carbocycles. The van der Waals surface area contributed by atoms with E-state index in [2.05, 4.69) is 14.9 Å². The molecule has 0 aliphatic carbocycles. The Morgan fingerprint density at radius 3 is 2.67 bits per heavy atom. The van der Waals surface area contributed by atoms with Crippen molar-refractivity contribution in [3.8, 4) is 0 Å². The highest BCUT2D eigenvalue weighted by Crippen LogP contribution is 2.25. The third kappa shape index (κ3) is 2.58. The Bertz CT molecular complexity index is 346. The van der Waals surface area contributed by atoms with E-state index in [0.29, 0.717) is 5.15 Å². The van der Waals surface area contributed by atoms with Crippen molar-refractivity contribution in [1.82, 2.24) is 9.97 Å². The van der Waals surface area contributed by atoms with Gasteiger partial charge in [-0.05, 0) is 19.8 Å². The van der Waals surface area contributed by atoms with Crippen molar-refractivity contribution >= 4 is 17.4 Å². The van der Waals surface area contributed by atoms with Crippen LogP contribution in [0, 0.1) is 0 Å². The van der Waals surface area contributed by atoms with Gasteiger partial charge in [0.1, 0.15) is 17.3 Å². The van der Waals surface area contributed by atoms with Gasteiger partial charge in [0.2, 0.25) is 0 Å². The SMILES string of the molecule is CC1(O)CCN(c2cc(Cl)ncn2)CC1. The second-order valence-corrected chi connectivity index (χ2v) is 4.57. The van der Waals surface area contributed by atoms with Crippen molar-refractivity contribution in [2.24, 2.45) is 0 Å². The first-order chi connectivity index (χ1) is 7.07. The molecule has 0 bridgehead atoms. The van der Waals surface area contributed by atoms with Gasteiger partial charge in [-0.1, -0.05) is 11.6 Å². The van der Waals surface area contributed by atoms with Gasteiger partial charge in [0.25, 0.3) is 0 Å². The van der Waals surface area contributed by atoms with Crippen molar-refractivity contribution in [2.75, 3.05) is 18.0 Å². The smallest absolute Gasteiger partial charge is 0.134 e. The number of nitrogens with zero attached hydrogens (tertiary/aromatic N) is 3. The van der Waals surface area contributed by atoms with Gasteiger partial charge in [0, 0.05) is 19.2 Å². The second-order valence-electron chi connectivity index (χ2n) is 4.18. The topological polar surface area (TPSA) is 49.2 Å². The van der Waals surface area contributed by atoms with Gasteiger partial charge in [0.15, 0.2) is 0 Å². The van der Waals surface area contributed by atoms with Crippen molar-refractivity contribution < 1.29 is 5.11 Å². The van der Waals surface area contributed by atoms with Crippen molar-refractivity contribution in [2.45, 2.75) is 25.4 Å². The highest BCUT2D eigenvalue weighted by molar-refractivity contribution is 6.29. The molecule has 1 aromatic rings. The van der Waals surface area contributed by atoms with E-state index >= 15 is 0 Å². The molecular formula is C10H14ClN3O. The number of piperidine rings is 1. The Balaban J connectivity index is 2.08. The molecule has 1 saturated heterocycles. The van der Waals surface area contributed by atoms with E-state index in [1.165, 1.54) is 6.33 Å². The minimum atomic E-state index is -0.534. The number of hydrogen-bond donors (Lipinski definition) is 1. The normalized spacial score (nSPS) is 20.3. The van der Waals surface area contributed by atoms with Crippen LogP contribution in [0.5, 0.6) is 0 Å². The molecule has 1 aliphatic heterocycles. The molecule has 1 aliphatic rings. The molecule has 0 radical (unpaired) electrons. The minimum Gasteiger partial charge on any atom is -0.390 e. The summed E-state index contributed by atoms with van der Waals surface area (Å²) in [5.41, 5.74) is -0.534. The van der Waals surface area contributed by atoms with Crippen LogP contribution >= 0.6 is 11.6 Å². The molecule has 4 nitrogen and oxygen atoms in total. The Hall–Kier alpha value is -0.870. The van der Waals surface area contributed by atoms with Crippen LogP contribution in [0.25, 0.3) is 0 Å². The maximum absolute atomic E-state index is 9.81. The first kappa shape index (κ1) is 10.6. The van der Waals surface area contributed by atoms with Gasteiger partial charge in [-0.25, -0.2) is 9.97 Å². The van der Waals surface area contributed by atoms with E-state index in [4.69, 9.17) is 11.6 Å². The molecule has 1 fully saturated rings. The molecule has 0 unspecified atom stereocenters. The summed E-state index contributed by atoms with van der Waals surface area (Å²) >= 11 is 5.79. The zero-order chi connectivity index (χ0) is 10.9. The average Bonchev–Trinajstić information content (AvgIpc) is 2.17. The Kier molecular flexibility index (Phi) is 2.80. The van der Waals surface area contributed by atoms with Gasteiger partial charge >= 0.3 is 0 Å². The third-order valence-electron chi connectivity index (χ3n) is 2.78. The number of aliphatic hydroxyl groups is 1. The molecule has 15 heavy (non-hydrogen) atoms. The van der Waals surface area contributed by atoms with Crippen LogP contribution in [-0.4, -0.2) is 33.8 Å². The summed E-state index contributed by atoms with van der Waals surface area (Å²) in [6, 6.07) is 1.75. The molecule has 0 atom stereocenters. The zero-order valence-corrected chi connectivity index (χ0v) is 9.41. The fourth-order valence-electron chi connectivity index (χ4n) is 1.71. The van der Waals surface area contributed by atoms with Crippen LogP contribution < -0.4 is 4.90 Å². The summed E-state index contributed by atoms with van der Waals surface area (Å²) in [6.45, 7) is 3.48.